The summed E-state index contributed by atoms with van der Waals surface area (Å²) >= 11 is 0. The Morgan fingerprint density at radius 2 is 1.63 bits per heavy atom. The van der Waals surface area contributed by atoms with E-state index in [1.54, 1.807) is 28.6 Å². The van der Waals surface area contributed by atoms with Crippen LogP contribution in [0.15, 0.2) is 29.2 Å². The number of nitrogens with zero attached hydrogens (tertiary/aromatic N) is 2. The van der Waals surface area contributed by atoms with Crippen molar-refractivity contribution in [3.8, 4) is 0 Å². The van der Waals surface area contributed by atoms with Gasteiger partial charge in [0.05, 0.1) is 38.1 Å². The second-order valence-electron chi connectivity index (χ2n) is 8.18. The van der Waals surface area contributed by atoms with Crippen LogP contribution in [0.25, 0.3) is 0 Å². The van der Waals surface area contributed by atoms with Gasteiger partial charge in [-0.05, 0) is 42.5 Å². The number of sulfonamides is 1. The maximum atomic E-state index is 12.9. The lowest BCUT2D eigenvalue weighted by molar-refractivity contribution is -0.884. The number of nitrogens with one attached hydrogen (secondary N) is 2. The zero-order valence-electron chi connectivity index (χ0n) is 16.4. The lowest BCUT2D eigenvalue weighted by Crippen LogP contribution is -3.12. The minimum Gasteiger partial charge on any atom is -0.335 e. The molecule has 1 aromatic carbocycles. The fraction of sp³-hybridized carbons (Fsp3) is 0.632. The van der Waals surface area contributed by atoms with E-state index in [0.717, 1.165) is 32.6 Å². The Balaban J connectivity index is 1.66. The van der Waals surface area contributed by atoms with Crippen LogP contribution in [0, 0.1) is 11.8 Å². The predicted molar refractivity (Wildman–Crippen MR) is 104 cm³/mol. The van der Waals surface area contributed by atoms with Crippen LogP contribution in [-0.4, -0.2) is 70.0 Å². The second-order valence-corrected chi connectivity index (χ2v) is 10.1. The summed E-state index contributed by atoms with van der Waals surface area (Å²) in [6.45, 7) is 8.90. The molecule has 8 heteroatoms. The lowest BCUT2D eigenvalue weighted by Gasteiger charge is -2.34. The van der Waals surface area contributed by atoms with E-state index in [4.69, 9.17) is 0 Å². The smallest absolute Gasteiger partial charge is 0.265 e. The normalized spacial score (nSPS) is 26.0. The van der Waals surface area contributed by atoms with Gasteiger partial charge in [0.25, 0.3) is 5.91 Å². The number of rotatable bonds is 4. The Bertz CT molecular complexity index is 748. The number of quaternary nitrogens is 1. The number of piperidine rings is 1. The third kappa shape index (κ3) is 4.87. The molecule has 0 aliphatic carbocycles. The molecule has 2 aliphatic heterocycles. The van der Waals surface area contributed by atoms with Crippen molar-refractivity contribution in [2.75, 3.05) is 46.3 Å². The van der Waals surface area contributed by atoms with Crippen molar-refractivity contribution >= 4 is 15.9 Å². The molecule has 1 amide bonds. The Labute approximate surface area is 162 Å². The van der Waals surface area contributed by atoms with Crippen molar-refractivity contribution in [2.24, 2.45) is 11.8 Å². The average molecular weight is 396 g/mol. The van der Waals surface area contributed by atoms with Crippen molar-refractivity contribution in [3.63, 3.8) is 0 Å². The van der Waals surface area contributed by atoms with Crippen molar-refractivity contribution in [1.82, 2.24) is 14.7 Å². The maximum absolute atomic E-state index is 12.9. The van der Waals surface area contributed by atoms with Gasteiger partial charge in [-0.1, -0.05) is 13.8 Å². The third-order valence-corrected chi connectivity index (χ3v) is 7.31. The zero-order chi connectivity index (χ0) is 19.6. The van der Waals surface area contributed by atoms with E-state index in [1.165, 1.54) is 4.90 Å². The highest BCUT2D eigenvalue weighted by molar-refractivity contribution is 7.89. The number of carbonyl (C=O) groups is 1. The van der Waals surface area contributed by atoms with E-state index in [2.05, 4.69) is 26.3 Å². The number of carbonyl (C=O) groups excluding carboxylic acids is 1. The molecule has 3 rings (SSSR count). The highest BCUT2D eigenvalue weighted by Crippen LogP contribution is 2.26. The molecule has 0 spiro atoms. The average Bonchev–Trinajstić information content (AvgIpc) is 2.63. The van der Waals surface area contributed by atoms with Crippen LogP contribution in [0.1, 0.15) is 30.6 Å². The summed E-state index contributed by atoms with van der Waals surface area (Å²) in [4.78, 5) is 14.1. The molecular formula is C19H31N4O3S+. The van der Waals surface area contributed by atoms with Gasteiger partial charge in [-0.2, -0.15) is 4.31 Å². The molecule has 0 radical (unpaired) electrons. The summed E-state index contributed by atoms with van der Waals surface area (Å²) in [6, 6.07) is 6.28. The topological polar surface area (TPSA) is 74.2 Å². The van der Waals surface area contributed by atoms with Crippen LogP contribution >= 0.6 is 0 Å². The number of likely N-dealkylation sites (N-methyl/N-ethyl adjacent to an activating group) is 1. The van der Waals surface area contributed by atoms with Crippen LogP contribution in [-0.2, 0) is 10.0 Å². The van der Waals surface area contributed by atoms with Gasteiger partial charge >= 0.3 is 0 Å². The summed E-state index contributed by atoms with van der Waals surface area (Å²) < 4.78 is 27.4. The molecule has 2 N–H and O–H groups in total. The van der Waals surface area contributed by atoms with Crippen LogP contribution in [0.4, 0.5) is 0 Å². The summed E-state index contributed by atoms with van der Waals surface area (Å²) in [5, 5.41) is 1.93. The SMILES string of the molecule is C[C@@H]1C[C@H](C)CN(S(=O)(=O)c2ccc(C(=O)NN3CC[NH+](C)CC3)cc2)C1. The Kier molecular flexibility index (Phi) is 6.20. The fourth-order valence-electron chi connectivity index (χ4n) is 3.94. The Morgan fingerprint density at radius 3 is 2.19 bits per heavy atom. The van der Waals surface area contributed by atoms with Gasteiger partial charge in [-0.3, -0.25) is 10.2 Å². The highest BCUT2D eigenvalue weighted by Gasteiger charge is 2.31. The van der Waals surface area contributed by atoms with Crippen LogP contribution in [0.2, 0.25) is 0 Å². The first-order valence-corrected chi connectivity index (χ1v) is 11.2. The summed E-state index contributed by atoms with van der Waals surface area (Å²) in [6.07, 6.45) is 1.05. The molecule has 1 aromatic rings. The van der Waals surface area contributed by atoms with E-state index < -0.39 is 10.0 Å². The number of amides is 1. The lowest BCUT2D eigenvalue weighted by atomic mass is 9.94. The monoisotopic (exact) mass is 395 g/mol. The van der Waals surface area contributed by atoms with Crippen molar-refractivity contribution in [2.45, 2.75) is 25.2 Å². The van der Waals surface area contributed by atoms with E-state index >= 15 is 0 Å². The molecule has 150 valence electrons. The van der Waals surface area contributed by atoms with Gasteiger partial charge in [0.1, 0.15) is 0 Å². The molecule has 0 aromatic heterocycles. The summed E-state index contributed by atoms with van der Waals surface area (Å²) in [5.74, 6) is 0.525. The fourth-order valence-corrected chi connectivity index (χ4v) is 5.62. The van der Waals surface area contributed by atoms with Gasteiger partial charge in [0, 0.05) is 18.7 Å². The zero-order valence-corrected chi connectivity index (χ0v) is 17.3. The molecule has 2 atom stereocenters. The van der Waals surface area contributed by atoms with Crippen LogP contribution in [0.3, 0.4) is 0 Å². The second kappa shape index (κ2) is 8.26. The van der Waals surface area contributed by atoms with Gasteiger partial charge in [-0.15, -0.1) is 0 Å². The van der Waals surface area contributed by atoms with E-state index in [-0.39, 0.29) is 10.8 Å². The number of hydrogen-bond donors (Lipinski definition) is 2. The van der Waals surface area contributed by atoms with E-state index in [0.29, 0.717) is 30.5 Å². The van der Waals surface area contributed by atoms with Crippen LogP contribution in [0.5, 0.6) is 0 Å². The van der Waals surface area contributed by atoms with Gasteiger partial charge in [-0.25, -0.2) is 13.4 Å². The van der Waals surface area contributed by atoms with Gasteiger partial charge in [0.15, 0.2) is 0 Å². The molecule has 27 heavy (non-hydrogen) atoms. The molecule has 7 nitrogen and oxygen atoms in total. The third-order valence-electron chi connectivity index (χ3n) is 5.47. The molecule has 0 unspecified atom stereocenters. The standard InChI is InChI=1S/C19H30N4O3S/c1-15-12-16(2)14-23(13-15)27(25,26)18-6-4-17(5-7-18)19(24)20-22-10-8-21(3)9-11-22/h4-7,15-16H,8-14H2,1-3H3,(H,20,24)/p+1/t15-,16+. The highest BCUT2D eigenvalue weighted by atomic mass is 32.2. The minimum atomic E-state index is -3.52. The Hall–Kier alpha value is -1.48. The Morgan fingerprint density at radius 1 is 1.07 bits per heavy atom. The first-order valence-electron chi connectivity index (χ1n) is 9.73. The number of benzene rings is 1. The number of piperazine rings is 1. The van der Waals surface area contributed by atoms with Crippen molar-refractivity contribution < 1.29 is 18.1 Å². The van der Waals surface area contributed by atoms with Gasteiger partial charge in [0.2, 0.25) is 10.0 Å². The predicted octanol–water partition coefficient (Wildman–Crippen LogP) is -0.172. The summed E-state index contributed by atoms with van der Waals surface area (Å²) in [5.41, 5.74) is 3.38. The van der Waals surface area contributed by atoms with Crippen molar-refractivity contribution in [1.29, 1.82) is 0 Å². The molecule has 0 saturated carbocycles. The first-order chi connectivity index (χ1) is 12.8. The molecule has 2 fully saturated rings. The molecule has 0 bridgehead atoms. The largest absolute Gasteiger partial charge is 0.335 e. The molecule has 2 heterocycles. The number of hydrogen-bond acceptors (Lipinski definition) is 4. The van der Waals surface area contributed by atoms with Gasteiger partial charge < -0.3 is 4.90 Å². The first kappa shape index (κ1) is 20.3. The molecular weight excluding hydrogens is 364 g/mol. The summed E-state index contributed by atoms with van der Waals surface area (Å²) in [7, 11) is -1.37. The molecule has 2 aliphatic rings. The van der Waals surface area contributed by atoms with E-state index in [9.17, 15) is 13.2 Å². The number of hydrazine groups is 1. The van der Waals surface area contributed by atoms with Crippen molar-refractivity contribution in [3.05, 3.63) is 29.8 Å². The maximum Gasteiger partial charge on any atom is 0.265 e. The van der Waals surface area contributed by atoms with Crippen LogP contribution < -0.4 is 10.3 Å². The molecule has 2 saturated heterocycles. The quantitative estimate of drug-likeness (QED) is 0.742. The minimum absolute atomic E-state index is 0.196. The van der Waals surface area contributed by atoms with E-state index in [1.807, 2.05) is 5.01 Å².